The van der Waals surface area contributed by atoms with Crippen LogP contribution in [-0.4, -0.2) is 5.78 Å². The Morgan fingerprint density at radius 3 is 2.50 bits per heavy atom. The first-order valence-corrected chi connectivity index (χ1v) is 6.43. The lowest BCUT2D eigenvalue weighted by Gasteiger charge is -2.11. The van der Waals surface area contributed by atoms with Crippen LogP contribution in [0.1, 0.15) is 21.8 Å². The van der Waals surface area contributed by atoms with E-state index in [1.807, 2.05) is 6.07 Å². The van der Waals surface area contributed by atoms with Crippen LogP contribution in [0.5, 0.6) is 0 Å². The molecule has 0 amide bonds. The Labute approximate surface area is 125 Å². The normalized spacial score (nSPS) is 11.7. The van der Waals surface area contributed by atoms with Gasteiger partial charge in [0.15, 0.2) is 5.78 Å². The lowest BCUT2D eigenvalue weighted by Crippen LogP contribution is -2.13. The summed E-state index contributed by atoms with van der Waals surface area (Å²) in [6.45, 7) is 0. The van der Waals surface area contributed by atoms with E-state index in [-0.39, 0.29) is 10.6 Å². The third-order valence-electron chi connectivity index (χ3n) is 2.80. The van der Waals surface area contributed by atoms with Gasteiger partial charge in [-0.05, 0) is 29.8 Å². The number of ketones is 1. The SMILES string of the molecule is N#CC(C(=O)c1ccccc1F)c1ccc(Cl)cc1Cl. The molecule has 5 heteroatoms. The minimum atomic E-state index is -1.17. The van der Waals surface area contributed by atoms with E-state index in [4.69, 9.17) is 23.2 Å². The molecule has 0 aromatic heterocycles. The highest BCUT2D eigenvalue weighted by molar-refractivity contribution is 6.35. The molecule has 0 radical (unpaired) electrons. The molecule has 0 N–H and O–H groups in total. The largest absolute Gasteiger partial charge is 0.292 e. The van der Waals surface area contributed by atoms with Gasteiger partial charge in [-0.2, -0.15) is 5.26 Å². The van der Waals surface area contributed by atoms with Gasteiger partial charge in [0.05, 0.1) is 11.6 Å². The van der Waals surface area contributed by atoms with Crippen LogP contribution in [0.4, 0.5) is 4.39 Å². The summed E-state index contributed by atoms with van der Waals surface area (Å²) in [4.78, 5) is 12.3. The molecule has 0 fully saturated rings. The zero-order valence-electron chi connectivity index (χ0n) is 10.1. The molecule has 0 aliphatic rings. The van der Waals surface area contributed by atoms with Crippen LogP contribution in [0.25, 0.3) is 0 Å². The first-order valence-electron chi connectivity index (χ1n) is 5.68. The fraction of sp³-hybridized carbons (Fsp3) is 0.0667. The van der Waals surface area contributed by atoms with Gasteiger partial charge in [-0.3, -0.25) is 4.79 Å². The number of nitriles is 1. The molecule has 0 bridgehead atoms. The van der Waals surface area contributed by atoms with Crippen molar-refractivity contribution in [3.63, 3.8) is 0 Å². The van der Waals surface area contributed by atoms with Crippen molar-refractivity contribution in [1.82, 2.24) is 0 Å². The van der Waals surface area contributed by atoms with Crippen molar-refractivity contribution in [3.05, 3.63) is 69.5 Å². The average Bonchev–Trinajstić information content (AvgIpc) is 2.42. The molecular formula is C15H8Cl2FNO. The minimum Gasteiger partial charge on any atom is -0.292 e. The monoisotopic (exact) mass is 307 g/mol. The van der Waals surface area contributed by atoms with Crippen molar-refractivity contribution < 1.29 is 9.18 Å². The van der Waals surface area contributed by atoms with Crippen LogP contribution in [0.2, 0.25) is 10.0 Å². The van der Waals surface area contributed by atoms with Gasteiger partial charge in [0.25, 0.3) is 0 Å². The molecule has 2 nitrogen and oxygen atoms in total. The summed E-state index contributed by atoms with van der Waals surface area (Å²) in [6, 6.07) is 11.9. The molecule has 2 aromatic rings. The number of halogens is 3. The van der Waals surface area contributed by atoms with Crippen LogP contribution < -0.4 is 0 Å². The second-order valence-corrected chi connectivity index (χ2v) is 4.92. The van der Waals surface area contributed by atoms with Crippen molar-refractivity contribution >= 4 is 29.0 Å². The molecule has 0 spiro atoms. The first kappa shape index (κ1) is 14.5. The van der Waals surface area contributed by atoms with Gasteiger partial charge < -0.3 is 0 Å². The Bertz CT molecular complexity index is 709. The van der Waals surface area contributed by atoms with Crippen LogP contribution >= 0.6 is 23.2 Å². The summed E-state index contributed by atoms with van der Waals surface area (Å²) < 4.78 is 13.6. The Morgan fingerprint density at radius 1 is 1.20 bits per heavy atom. The first-order chi connectivity index (χ1) is 9.54. The van der Waals surface area contributed by atoms with Crippen molar-refractivity contribution in [1.29, 1.82) is 5.26 Å². The number of hydrogen-bond donors (Lipinski definition) is 0. The molecular weight excluding hydrogens is 300 g/mol. The van der Waals surface area contributed by atoms with Gasteiger partial charge in [0.2, 0.25) is 0 Å². The van der Waals surface area contributed by atoms with Crippen molar-refractivity contribution in [3.8, 4) is 6.07 Å². The van der Waals surface area contributed by atoms with Gasteiger partial charge in [-0.1, -0.05) is 41.4 Å². The fourth-order valence-corrected chi connectivity index (χ4v) is 2.34. The predicted molar refractivity (Wildman–Crippen MR) is 75.5 cm³/mol. The second-order valence-electron chi connectivity index (χ2n) is 4.07. The summed E-state index contributed by atoms with van der Waals surface area (Å²) in [5.41, 5.74) is 0.178. The highest BCUT2D eigenvalue weighted by Gasteiger charge is 2.26. The highest BCUT2D eigenvalue weighted by atomic mass is 35.5. The standard InChI is InChI=1S/C15H8Cl2FNO/c16-9-5-6-10(13(17)7-9)12(8-19)15(20)11-3-1-2-4-14(11)18/h1-7,12H. The van der Waals surface area contributed by atoms with Crippen LogP contribution in [0, 0.1) is 17.1 Å². The third-order valence-corrected chi connectivity index (χ3v) is 3.37. The van der Waals surface area contributed by atoms with Gasteiger partial charge in [-0.15, -0.1) is 0 Å². The number of carbonyl (C=O) groups is 1. The molecule has 1 unspecified atom stereocenters. The summed E-state index contributed by atoms with van der Waals surface area (Å²) >= 11 is 11.8. The van der Waals surface area contributed by atoms with Gasteiger partial charge in [0.1, 0.15) is 11.7 Å². The van der Waals surface area contributed by atoms with E-state index in [0.717, 1.165) is 0 Å². The summed E-state index contributed by atoms with van der Waals surface area (Å²) in [5, 5.41) is 9.81. The quantitative estimate of drug-likeness (QED) is 0.776. The smallest absolute Gasteiger partial charge is 0.187 e. The van der Waals surface area contributed by atoms with Gasteiger partial charge in [-0.25, -0.2) is 4.39 Å². The molecule has 1 atom stereocenters. The number of rotatable bonds is 3. The molecule has 0 saturated heterocycles. The van der Waals surface area contributed by atoms with E-state index in [9.17, 15) is 14.4 Å². The molecule has 2 rings (SSSR count). The highest BCUT2D eigenvalue weighted by Crippen LogP contribution is 2.30. The van der Waals surface area contributed by atoms with Crippen molar-refractivity contribution in [2.24, 2.45) is 0 Å². The average molecular weight is 308 g/mol. The number of hydrogen-bond acceptors (Lipinski definition) is 2. The van der Waals surface area contributed by atoms with Crippen molar-refractivity contribution in [2.45, 2.75) is 5.92 Å². The van der Waals surface area contributed by atoms with Crippen LogP contribution in [-0.2, 0) is 0 Å². The Kier molecular flexibility index (Phi) is 4.39. The molecule has 20 heavy (non-hydrogen) atoms. The molecule has 0 heterocycles. The van der Waals surface area contributed by atoms with E-state index in [0.29, 0.717) is 10.6 Å². The van der Waals surface area contributed by atoms with E-state index >= 15 is 0 Å². The fourth-order valence-electron chi connectivity index (χ4n) is 1.82. The number of nitrogens with zero attached hydrogens (tertiary/aromatic N) is 1. The lowest BCUT2D eigenvalue weighted by molar-refractivity contribution is 0.0975. The Hall–Kier alpha value is -1.89. The maximum absolute atomic E-state index is 13.6. The van der Waals surface area contributed by atoms with E-state index in [2.05, 4.69) is 0 Å². The van der Waals surface area contributed by atoms with E-state index in [1.54, 1.807) is 0 Å². The minimum absolute atomic E-state index is 0.134. The van der Waals surface area contributed by atoms with Crippen LogP contribution in [0.15, 0.2) is 42.5 Å². The van der Waals surface area contributed by atoms with E-state index in [1.165, 1.54) is 42.5 Å². The predicted octanol–water partition coefficient (Wildman–Crippen LogP) is 4.62. The molecule has 2 aromatic carbocycles. The summed E-state index contributed by atoms with van der Waals surface area (Å²) in [5.74, 6) is -2.46. The topological polar surface area (TPSA) is 40.9 Å². The third kappa shape index (κ3) is 2.82. The molecule has 100 valence electrons. The number of benzene rings is 2. The summed E-state index contributed by atoms with van der Waals surface area (Å²) in [6.07, 6.45) is 0. The van der Waals surface area contributed by atoms with Crippen LogP contribution in [0.3, 0.4) is 0 Å². The number of carbonyl (C=O) groups excluding carboxylic acids is 1. The maximum atomic E-state index is 13.6. The lowest BCUT2D eigenvalue weighted by atomic mass is 9.91. The maximum Gasteiger partial charge on any atom is 0.187 e. The zero-order chi connectivity index (χ0) is 14.7. The number of Topliss-reactive ketones (excluding diaryl/α,β-unsaturated/α-hetero) is 1. The summed E-state index contributed by atoms with van der Waals surface area (Å²) in [7, 11) is 0. The Morgan fingerprint density at radius 2 is 1.90 bits per heavy atom. The second kappa shape index (κ2) is 6.04. The molecule has 0 saturated carbocycles. The van der Waals surface area contributed by atoms with Gasteiger partial charge in [0, 0.05) is 10.0 Å². The molecule has 0 aliphatic heterocycles. The molecule has 0 aliphatic carbocycles. The van der Waals surface area contributed by atoms with Crippen molar-refractivity contribution in [2.75, 3.05) is 0 Å². The van der Waals surface area contributed by atoms with E-state index < -0.39 is 17.5 Å². The zero-order valence-corrected chi connectivity index (χ0v) is 11.6. The van der Waals surface area contributed by atoms with Gasteiger partial charge >= 0.3 is 0 Å². The Balaban J connectivity index is 2.46.